The van der Waals surface area contributed by atoms with Crippen LogP contribution in [0.4, 0.5) is 5.82 Å². The molecule has 9 nitrogen and oxygen atoms in total. The molecule has 4 aromatic rings. The van der Waals surface area contributed by atoms with Crippen molar-refractivity contribution in [1.82, 2.24) is 34.4 Å². The van der Waals surface area contributed by atoms with E-state index in [1.165, 1.54) is 0 Å². The van der Waals surface area contributed by atoms with E-state index >= 15 is 0 Å². The highest BCUT2D eigenvalue weighted by Crippen LogP contribution is 2.28. The second kappa shape index (κ2) is 7.88. The van der Waals surface area contributed by atoms with Crippen LogP contribution >= 0.6 is 0 Å². The monoisotopic (exact) mass is 402 g/mol. The molecule has 0 bridgehead atoms. The van der Waals surface area contributed by atoms with Crippen molar-refractivity contribution in [2.24, 2.45) is 0 Å². The SMILES string of the molecule is CN(C)CN(C)C(=O)c1cccc(-c2cnc3c(-c4ccccn4)c(N)nn3c2)n1. The van der Waals surface area contributed by atoms with Crippen molar-refractivity contribution in [3.05, 3.63) is 60.7 Å². The lowest BCUT2D eigenvalue weighted by Gasteiger charge is -2.21. The standard InChI is InChI=1S/C21H22N8O/c1-27(2)13-28(3)21(30)17-9-6-8-15(25-17)14-11-24-20-18(16-7-4-5-10-23-16)19(22)26-29(20)12-14/h4-12H,13H2,1-3H3,(H2,22,26). The molecule has 4 heterocycles. The summed E-state index contributed by atoms with van der Waals surface area (Å²) in [6.45, 7) is 0.501. The third-order valence-electron chi connectivity index (χ3n) is 4.53. The van der Waals surface area contributed by atoms with Crippen molar-refractivity contribution in [2.45, 2.75) is 0 Å². The Balaban J connectivity index is 1.70. The molecule has 0 aliphatic rings. The van der Waals surface area contributed by atoms with Crippen LogP contribution in [0.3, 0.4) is 0 Å². The van der Waals surface area contributed by atoms with Gasteiger partial charge in [-0.2, -0.15) is 0 Å². The molecule has 4 rings (SSSR count). The summed E-state index contributed by atoms with van der Waals surface area (Å²) in [5.74, 6) is 0.195. The van der Waals surface area contributed by atoms with Crippen molar-refractivity contribution in [2.75, 3.05) is 33.5 Å². The molecule has 0 radical (unpaired) electrons. The van der Waals surface area contributed by atoms with E-state index in [1.54, 1.807) is 47.2 Å². The number of nitrogens with zero attached hydrogens (tertiary/aromatic N) is 7. The first kappa shape index (κ1) is 19.5. The fraction of sp³-hybridized carbons (Fsp3) is 0.190. The summed E-state index contributed by atoms with van der Waals surface area (Å²) in [6, 6.07) is 10.9. The van der Waals surface area contributed by atoms with Crippen LogP contribution in [0.15, 0.2) is 55.0 Å². The Bertz CT molecular complexity index is 1200. The molecule has 9 heteroatoms. The number of carbonyl (C=O) groups is 1. The molecule has 0 fully saturated rings. The molecular weight excluding hydrogens is 380 g/mol. The first-order valence-electron chi connectivity index (χ1n) is 9.37. The first-order chi connectivity index (χ1) is 14.4. The van der Waals surface area contributed by atoms with E-state index in [0.717, 1.165) is 5.56 Å². The summed E-state index contributed by atoms with van der Waals surface area (Å²) in [5.41, 5.74) is 9.84. The minimum atomic E-state index is -0.152. The largest absolute Gasteiger partial charge is 0.382 e. The molecule has 4 aromatic heterocycles. The number of rotatable bonds is 5. The van der Waals surface area contributed by atoms with Gasteiger partial charge in [-0.05, 0) is 38.4 Å². The van der Waals surface area contributed by atoms with E-state index in [-0.39, 0.29) is 5.91 Å². The predicted molar refractivity (Wildman–Crippen MR) is 115 cm³/mol. The third-order valence-corrected chi connectivity index (χ3v) is 4.53. The molecule has 0 aliphatic heterocycles. The Labute approximate surface area is 173 Å². The summed E-state index contributed by atoms with van der Waals surface area (Å²) in [4.78, 5) is 29.6. The number of hydrogen-bond donors (Lipinski definition) is 1. The fourth-order valence-electron chi connectivity index (χ4n) is 3.24. The molecule has 0 saturated heterocycles. The second-order valence-electron chi connectivity index (χ2n) is 7.22. The van der Waals surface area contributed by atoms with Crippen molar-refractivity contribution in [3.8, 4) is 22.5 Å². The van der Waals surface area contributed by atoms with E-state index in [2.05, 4.69) is 20.1 Å². The number of aromatic nitrogens is 5. The zero-order chi connectivity index (χ0) is 21.3. The number of hydrogen-bond acceptors (Lipinski definition) is 7. The van der Waals surface area contributed by atoms with Gasteiger partial charge in [0.2, 0.25) is 0 Å². The fourth-order valence-corrected chi connectivity index (χ4v) is 3.24. The van der Waals surface area contributed by atoms with Gasteiger partial charge in [-0.3, -0.25) is 14.7 Å². The van der Waals surface area contributed by atoms with Crippen LogP contribution in [0.25, 0.3) is 28.2 Å². The van der Waals surface area contributed by atoms with Crippen LogP contribution in [0.5, 0.6) is 0 Å². The summed E-state index contributed by atoms with van der Waals surface area (Å²) >= 11 is 0. The number of fused-ring (bicyclic) bond motifs is 1. The van der Waals surface area contributed by atoms with Gasteiger partial charge < -0.3 is 10.6 Å². The van der Waals surface area contributed by atoms with Crippen LogP contribution < -0.4 is 5.73 Å². The molecule has 2 N–H and O–H groups in total. The third kappa shape index (κ3) is 3.70. The van der Waals surface area contributed by atoms with Crippen LogP contribution in [-0.4, -0.2) is 68.1 Å². The van der Waals surface area contributed by atoms with Crippen LogP contribution in [0.1, 0.15) is 10.5 Å². The zero-order valence-electron chi connectivity index (χ0n) is 17.0. The van der Waals surface area contributed by atoms with Gasteiger partial charge >= 0.3 is 0 Å². The van der Waals surface area contributed by atoms with Gasteiger partial charge in [0, 0.05) is 31.2 Å². The van der Waals surface area contributed by atoms with E-state index in [4.69, 9.17) is 5.73 Å². The molecular formula is C21H22N8O. The Morgan fingerprint density at radius 3 is 2.60 bits per heavy atom. The maximum absolute atomic E-state index is 12.7. The lowest BCUT2D eigenvalue weighted by Crippen LogP contribution is -2.35. The number of nitrogens with two attached hydrogens (primary N) is 1. The highest BCUT2D eigenvalue weighted by molar-refractivity contribution is 5.92. The van der Waals surface area contributed by atoms with Gasteiger partial charge in [0.25, 0.3) is 5.91 Å². The van der Waals surface area contributed by atoms with Gasteiger partial charge in [0.1, 0.15) is 5.69 Å². The number of pyridine rings is 2. The molecule has 0 unspecified atom stereocenters. The van der Waals surface area contributed by atoms with Crippen molar-refractivity contribution in [1.29, 1.82) is 0 Å². The number of carbonyl (C=O) groups excluding carboxylic acids is 1. The number of anilines is 1. The Hall–Kier alpha value is -3.85. The number of amides is 1. The quantitative estimate of drug-likeness (QED) is 0.509. The second-order valence-corrected chi connectivity index (χ2v) is 7.22. The van der Waals surface area contributed by atoms with Gasteiger partial charge in [0.15, 0.2) is 11.5 Å². The topological polar surface area (TPSA) is 106 Å². The van der Waals surface area contributed by atoms with Gasteiger partial charge in [0.05, 0.1) is 23.6 Å². The Kier molecular flexibility index (Phi) is 5.11. The van der Waals surface area contributed by atoms with Crippen LogP contribution in [0.2, 0.25) is 0 Å². The molecule has 1 amide bonds. The van der Waals surface area contributed by atoms with Crippen molar-refractivity contribution < 1.29 is 4.79 Å². The first-order valence-corrected chi connectivity index (χ1v) is 9.37. The Morgan fingerprint density at radius 1 is 1.07 bits per heavy atom. The van der Waals surface area contributed by atoms with Crippen molar-refractivity contribution in [3.63, 3.8) is 0 Å². The van der Waals surface area contributed by atoms with E-state index < -0.39 is 0 Å². The summed E-state index contributed by atoms with van der Waals surface area (Å²) in [5, 5.41) is 4.38. The normalized spacial score (nSPS) is 11.2. The average molecular weight is 402 g/mol. The molecule has 30 heavy (non-hydrogen) atoms. The highest BCUT2D eigenvalue weighted by atomic mass is 16.2. The van der Waals surface area contributed by atoms with Crippen LogP contribution in [0, 0.1) is 0 Å². The minimum Gasteiger partial charge on any atom is -0.382 e. The molecule has 0 aromatic carbocycles. The van der Waals surface area contributed by atoms with Crippen LogP contribution in [-0.2, 0) is 0 Å². The minimum absolute atomic E-state index is 0.152. The lowest BCUT2D eigenvalue weighted by atomic mass is 10.2. The number of nitrogen functional groups attached to an aromatic ring is 1. The predicted octanol–water partition coefficient (Wildman–Crippen LogP) is 2.03. The average Bonchev–Trinajstić information content (AvgIpc) is 3.08. The molecule has 0 spiro atoms. The van der Waals surface area contributed by atoms with Crippen molar-refractivity contribution >= 4 is 17.4 Å². The lowest BCUT2D eigenvalue weighted by molar-refractivity contribution is 0.0724. The maximum atomic E-state index is 12.7. The molecule has 0 atom stereocenters. The zero-order valence-corrected chi connectivity index (χ0v) is 17.0. The highest BCUT2D eigenvalue weighted by Gasteiger charge is 2.17. The van der Waals surface area contributed by atoms with E-state index in [0.29, 0.717) is 40.8 Å². The van der Waals surface area contributed by atoms with E-state index in [9.17, 15) is 4.79 Å². The molecule has 152 valence electrons. The van der Waals surface area contributed by atoms with Gasteiger partial charge in [-0.1, -0.05) is 12.1 Å². The molecule has 0 saturated carbocycles. The molecule has 0 aliphatic carbocycles. The van der Waals surface area contributed by atoms with Gasteiger partial charge in [-0.25, -0.2) is 14.5 Å². The van der Waals surface area contributed by atoms with E-state index in [1.807, 2.05) is 43.3 Å². The summed E-state index contributed by atoms with van der Waals surface area (Å²) in [6.07, 6.45) is 5.20. The summed E-state index contributed by atoms with van der Waals surface area (Å²) in [7, 11) is 5.56. The maximum Gasteiger partial charge on any atom is 0.273 e. The smallest absolute Gasteiger partial charge is 0.273 e. The van der Waals surface area contributed by atoms with Gasteiger partial charge in [-0.15, -0.1) is 5.10 Å². The summed E-state index contributed by atoms with van der Waals surface area (Å²) < 4.78 is 1.61. The Morgan fingerprint density at radius 2 is 1.87 bits per heavy atom.